The fraction of sp³-hybridized carbons (Fsp3) is 0.435. The molecule has 1 saturated carbocycles. The van der Waals surface area contributed by atoms with Gasteiger partial charge in [0, 0.05) is 18.6 Å². The standard InChI is InChI=1S/C23H24F6N2O2/c1-33-19-12-15(22(24,25)26)11-16(23(27,28)29)20(19)21(32)31-18-10-6-5-9-17(18)30-13-14-7-3-2-4-8-14/h2-4,7-8,11-12,17-18,30H,5-6,9-10,13H2,1H3,(H,31,32)/t17-,18+/m0/s1. The minimum Gasteiger partial charge on any atom is -0.496 e. The SMILES string of the molecule is COc1cc(C(F)(F)F)cc(C(F)(F)F)c1C(=O)N[C@@H]1CCCC[C@@H]1NCc1ccccc1. The van der Waals surface area contributed by atoms with E-state index in [2.05, 4.69) is 10.6 Å². The summed E-state index contributed by atoms with van der Waals surface area (Å²) in [6.07, 6.45) is -7.33. The van der Waals surface area contributed by atoms with Crippen LogP contribution in [-0.4, -0.2) is 25.1 Å². The first kappa shape index (κ1) is 24.9. The monoisotopic (exact) mass is 474 g/mol. The highest BCUT2D eigenvalue weighted by Crippen LogP contribution is 2.41. The number of halogens is 6. The summed E-state index contributed by atoms with van der Waals surface area (Å²) >= 11 is 0. The van der Waals surface area contributed by atoms with Gasteiger partial charge in [0.1, 0.15) is 5.75 Å². The minimum atomic E-state index is -5.18. The van der Waals surface area contributed by atoms with Gasteiger partial charge < -0.3 is 15.4 Å². The molecule has 2 aromatic rings. The molecule has 1 aliphatic carbocycles. The first-order chi connectivity index (χ1) is 15.5. The molecule has 2 N–H and O–H groups in total. The van der Waals surface area contributed by atoms with E-state index in [1.165, 1.54) is 0 Å². The summed E-state index contributed by atoms with van der Waals surface area (Å²) in [5.41, 5.74) is -3.16. The van der Waals surface area contributed by atoms with Gasteiger partial charge in [-0.1, -0.05) is 43.2 Å². The Hall–Kier alpha value is -2.75. The van der Waals surface area contributed by atoms with Crippen LogP contribution in [0.2, 0.25) is 0 Å². The molecule has 33 heavy (non-hydrogen) atoms. The molecule has 0 aliphatic heterocycles. The third kappa shape index (κ3) is 6.19. The summed E-state index contributed by atoms with van der Waals surface area (Å²) in [5, 5.41) is 5.93. The number of amides is 1. The molecular weight excluding hydrogens is 450 g/mol. The van der Waals surface area contributed by atoms with Crippen LogP contribution in [0.3, 0.4) is 0 Å². The number of nitrogens with one attached hydrogen (secondary N) is 2. The van der Waals surface area contributed by atoms with Crippen LogP contribution in [0.4, 0.5) is 26.3 Å². The maximum atomic E-state index is 13.6. The molecule has 1 fully saturated rings. The Morgan fingerprint density at radius 3 is 2.18 bits per heavy atom. The van der Waals surface area contributed by atoms with Gasteiger partial charge in [0.15, 0.2) is 0 Å². The van der Waals surface area contributed by atoms with E-state index in [0.717, 1.165) is 25.5 Å². The van der Waals surface area contributed by atoms with Crippen LogP contribution in [0.5, 0.6) is 5.75 Å². The Labute approximate surface area is 187 Å². The number of hydrogen-bond acceptors (Lipinski definition) is 3. The molecule has 3 rings (SSSR count). The number of methoxy groups -OCH3 is 1. The second-order valence-corrected chi connectivity index (χ2v) is 7.93. The fourth-order valence-corrected chi connectivity index (χ4v) is 4.03. The largest absolute Gasteiger partial charge is 0.496 e. The van der Waals surface area contributed by atoms with Gasteiger partial charge in [-0.3, -0.25) is 4.79 Å². The van der Waals surface area contributed by atoms with E-state index in [4.69, 9.17) is 4.74 Å². The van der Waals surface area contributed by atoms with E-state index in [1.54, 1.807) is 0 Å². The van der Waals surface area contributed by atoms with Gasteiger partial charge in [-0.05, 0) is 30.5 Å². The molecule has 0 saturated heterocycles. The van der Waals surface area contributed by atoms with Crippen LogP contribution in [0, 0.1) is 0 Å². The van der Waals surface area contributed by atoms with Gasteiger partial charge in [-0.25, -0.2) is 0 Å². The van der Waals surface area contributed by atoms with Crippen LogP contribution in [-0.2, 0) is 18.9 Å². The molecule has 2 aromatic carbocycles. The molecule has 180 valence electrons. The number of rotatable bonds is 6. The quantitative estimate of drug-likeness (QED) is 0.539. The van der Waals surface area contributed by atoms with E-state index in [0.29, 0.717) is 25.5 Å². The van der Waals surface area contributed by atoms with Gasteiger partial charge in [0.05, 0.1) is 23.8 Å². The van der Waals surface area contributed by atoms with Gasteiger partial charge in [0.2, 0.25) is 0 Å². The highest BCUT2D eigenvalue weighted by Gasteiger charge is 2.42. The van der Waals surface area contributed by atoms with Crippen LogP contribution in [0.15, 0.2) is 42.5 Å². The average Bonchev–Trinajstić information content (AvgIpc) is 2.77. The van der Waals surface area contributed by atoms with Crippen molar-refractivity contribution in [2.75, 3.05) is 7.11 Å². The first-order valence-electron chi connectivity index (χ1n) is 10.5. The summed E-state index contributed by atoms with van der Waals surface area (Å²) in [6, 6.07) is 9.17. The molecule has 4 nitrogen and oxygen atoms in total. The Morgan fingerprint density at radius 1 is 0.970 bits per heavy atom. The van der Waals surface area contributed by atoms with Crippen molar-refractivity contribution in [1.82, 2.24) is 10.6 Å². The first-order valence-corrected chi connectivity index (χ1v) is 10.5. The van der Waals surface area contributed by atoms with Gasteiger partial charge >= 0.3 is 12.4 Å². The Bertz CT molecular complexity index is 960. The maximum Gasteiger partial charge on any atom is 0.417 e. The van der Waals surface area contributed by atoms with Gasteiger partial charge in [0.25, 0.3) is 5.91 Å². The lowest BCUT2D eigenvalue weighted by atomic mass is 9.89. The van der Waals surface area contributed by atoms with Crippen molar-refractivity contribution in [2.24, 2.45) is 0 Å². The van der Waals surface area contributed by atoms with Crippen LogP contribution < -0.4 is 15.4 Å². The van der Waals surface area contributed by atoms with Crippen molar-refractivity contribution in [3.8, 4) is 5.75 Å². The lowest BCUT2D eigenvalue weighted by Gasteiger charge is -2.33. The number of alkyl halides is 6. The third-order valence-electron chi connectivity index (χ3n) is 5.68. The number of carbonyl (C=O) groups is 1. The van der Waals surface area contributed by atoms with Crippen molar-refractivity contribution in [3.05, 3.63) is 64.7 Å². The lowest BCUT2D eigenvalue weighted by Crippen LogP contribution is -2.51. The zero-order chi connectivity index (χ0) is 24.2. The zero-order valence-corrected chi connectivity index (χ0v) is 17.8. The van der Waals surface area contributed by atoms with Crippen LogP contribution in [0.25, 0.3) is 0 Å². The number of benzene rings is 2. The Morgan fingerprint density at radius 2 is 1.61 bits per heavy atom. The molecule has 0 heterocycles. The fourth-order valence-electron chi connectivity index (χ4n) is 4.03. The van der Waals surface area contributed by atoms with E-state index in [1.807, 2.05) is 30.3 Å². The Kier molecular flexibility index (Phi) is 7.56. The van der Waals surface area contributed by atoms with E-state index >= 15 is 0 Å². The molecule has 0 bridgehead atoms. The zero-order valence-electron chi connectivity index (χ0n) is 17.8. The van der Waals surface area contributed by atoms with E-state index in [9.17, 15) is 31.1 Å². The van der Waals surface area contributed by atoms with Crippen molar-refractivity contribution in [2.45, 2.75) is 56.7 Å². The summed E-state index contributed by atoms with van der Waals surface area (Å²) in [7, 11) is 0.928. The normalized spacial score (nSPS) is 19.2. The van der Waals surface area contributed by atoms with E-state index in [-0.39, 0.29) is 12.1 Å². The van der Waals surface area contributed by atoms with Crippen molar-refractivity contribution in [1.29, 1.82) is 0 Å². The van der Waals surface area contributed by atoms with Crippen molar-refractivity contribution >= 4 is 5.91 Å². The summed E-state index contributed by atoms with van der Waals surface area (Å²) in [4.78, 5) is 12.9. The molecule has 1 aliphatic rings. The maximum absolute atomic E-state index is 13.6. The van der Waals surface area contributed by atoms with Crippen LogP contribution >= 0.6 is 0 Å². The lowest BCUT2D eigenvalue weighted by molar-refractivity contribution is -0.143. The van der Waals surface area contributed by atoms with Gasteiger partial charge in [-0.2, -0.15) is 26.3 Å². The van der Waals surface area contributed by atoms with E-state index < -0.39 is 46.7 Å². The highest BCUT2D eigenvalue weighted by molar-refractivity contribution is 5.99. The van der Waals surface area contributed by atoms with Crippen molar-refractivity contribution < 1.29 is 35.9 Å². The number of carbonyl (C=O) groups excluding carboxylic acids is 1. The molecule has 1 amide bonds. The molecular formula is C23H24F6N2O2. The summed E-state index contributed by atoms with van der Waals surface area (Å²) in [5.74, 6) is -1.90. The molecule has 10 heteroatoms. The molecule has 0 aromatic heterocycles. The average molecular weight is 474 g/mol. The van der Waals surface area contributed by atoms with Crippen molar-refractivity contribution in [3.63, 3.8) is 0 Å². The predicted octanol–water partition coefficient (Wildman–Crippen LogP) is 5.56. The Balaban J connectivity index is 1.87. The second kappa shape index (κ2) is 10.0. The highest BCUT2D eigenvalue weighted by atomic mass is 19.4. The molecule has 0 radical (unpaired) electrons. The predicted molar refractivity (Wildman–Crippen MR) is 110 cm³/mol. The second-order valence-electron chi connectivity index (χ2n) is 7.93. The number of ether oxygens (including phenoxy) is 1. The molecule has 0 unspecified atom stereocenters. The number of hydrogen-bond donors (Lipinski definition) is 2. The summed E-state index contributed by atoms with van der Waals surface area (Å²) in [6.45, 7) is 0.509. The third-order valence-corrected chi connectivity index (χ3v) is 5.68. The molecule has 0 spiro atoms. The molecule has 2 atom stereocenters. The minimum absolute atomic E-state index is 0.0521. The summed E-state index contributed by atoms with van der Waals surface area (Å²) < 4.78 is 85.1. The van der Waals surface area contributed by atoms with Gasteiger partial charge in [-0.15, -0.1) is 0 Å². The van der Waals surface area contributed by atoms with Crippen LogP contribution in [0.1, 0.15) is 52.7 Å². The smallest absolute Gasteiger partial charge is 0.417 e. The topological polar surface area (TPSA) is 50.4 Å².